The molecule has 1 fully saturated rings. The predicted molar refractivity (Wildman–Crippen MR) is 134 cm³/mol. The van der Waals surface area contributed by atoms with E-state index in [0.717, 1.165) is 44.3 Å². The Balaban J connectivity index is 0.00000300. The van der Waals surface area contributed by atoms with Crippen molar-refractivity contribution >= 4 is 41.3 Å². The number of methoxy groups -OCH3 is 1. The summed E-state index contributed by atoms with van der Waals surface area (Å²) in [6.45, 7) is 4.12. The van der Waals surface area contributed by atoms with Crippen LogP contribution in [0.1, 0.15) is 29.3 Å². The molecule has 0 bridgehead atoms. The minimum Gasteiger partial charge on any atom is -0.497 e. The summed E-state index contributed by atoms with van der Waals surface area (Å²) in [5.41, 5.74) is 1.33. The van der Waals surface area contributed by atoms with Gasteiger partial charge in [-0.05, 0) is 61.5 Å². The van der Waals surface area contributed by atoms with Crippen LogP contribution in [-0.4, -0.2) is 63.1 Å². The predicted octanol–water partition coefficient (Wildman–Crippen LogP) is 4.26. The van der Waals surface area contributed by atoms with Gasteiger partial charge in [0.2, 0.25) is 0 Å². The molecule has 3 rings (SSSR count). The van der Waals surface area contributed by atoms with Crippen LogP contribution in [0.2, 0.25) is 0 Å². The molecule has 2 heterocycles. The SMILES string of the molecule is CN=C(NCC(c1ccc(OC)cc1)N1CCCC1)N(C)CCc1cccs1.I. The second-order valence-corrected chi connectivity index (χ2v) is 8.24. The molecular weight excluding hydrogens is 495 g/mol. The molecule has 1 aromatic carbocycles. The number of thiophene rings is 1. The normalized spacial score (nSPS) is 15.6. The molecule has 160 valence electrons. The molecule has 1 atom stereocenters. The van der Waals surface area contributed by atoms with Gasteiger partial charge in [0.15, 0.2) is 5.96 Å². The van der Waals surface area contributed by atoms with E-state index < -0.39 is 0 Å². The summed E-state index contributed by atoms with van der Waals surface area (Å²) < 4.78 is 5.32. The summed E-state index contributed by atoms with van der Waals surface area (Å²) in [5.74, 6) is 1.86. The average molecular weight is 529 g/mol. The van der Waals surface area contributed by atoms with Crippen molar-refractivity contribution in [2.24, 2.45) is 4.99 Å². The first kappa shape index (κ1) is 24.0. The lowest BCUT2D eigenvalue weighted by molar-refractivity contribution is 0.244. The van der Waals surface area contributed by atoms with Crippen LogP contribution in [0.15, 0.2) is 46.8 Å². The van der Waals surface area contributed by atoms with Crippen molar-refractivity contribution in [3.05, 3.63) is 52.2 Å². The Morgan fingerprint density at radius 1 is 1.24 bits per heavy atom. The molecule has 1 aromatic heterocycles. The molecule has 1 unspecified atom stereocenters. The Bertz CT molecular complexity index is 730. The van der Waals surface area contributed by atoms with Crippen molar-refractivity contribution < 1.29 is 4.74 Å². The van der Waals surface area contributed by atoms with Gasteiger partial charge in [-0.25, -0.2) is 0 Å². The fourth-order valence-electron chi connectivity index (χ4n) is 3.75. The van der Waals surface area contributed by atoms with Crippen LogP contribution in [0.5, 0.6) is 5.75 Å². The number of halogens is 1. The van der Waals surface area contributed by atoms with Gasteiger partial charge in [-0.1, -0.05) is 18.2 Å². The number of benzene rings is 1. The maximum absolute atomic E-state index is 5.32. The number of hydrogen-bond donors (Lipinski definition) is 1. The lowest BCUT2D eigenvalue weighted by Crippen LogP contribution is -2.44. The molecule has 7 heteroatoms. The van der Waals surface area contributed by atoms with E-state index in [1.54, 1.807) is 7.11 Å². The van der Waals surface area contributed by atoms with E-state index in [-0.39, 0.29) is 24.0 Å². The number of guanidine groups is 1. The Morgan fingerprint density at radius 2 is 1.97 bits per heavy atom. The van der Waals surface area contributed by atoms with Crippen molar-refractivity contribution in [3.8, 4) is 5.75 Å². The quantitative estimate of drug-likeness (QED) is 0.316. The highest BCUT2D eigenvalue weighted by Crippen LogP contribution is 2.26. The van der Waals surface area contributed by atoms with Crippen molar-refractivity contribution in [3.63, 3.8) is 0 Å². The summed E-state index contributed by atoms with van der Waals surface area (Å²) in [6, 6.07) is 13.1. The van der Waals surface area contributed by atoms with Crippen molar-refractivity contribution in [2.75, 3.05) is 47.4 Å². The minimum atomic E-state index is 0. The first-order valence-corrected chi connectivity index (χ1v) is 10.9. The van der Waals surface area contributed by atoms with Crippen LogP contribution < -0.4 is 10.1 Å². The third-order valence-corrected chi connectivity index (χ3v) is 6.32. The van der Waals surface area contributed by atoms with Crippen LogP contribution in [0.4, 0.5) is 0 Å². The summed E-state index contributed by atoms with van der Waals surface area (Å²) in [7, 11) is 5.69. The van der Waals surface area contributed by atoms with E-state index in [1.807, 2.05) is 18.4 Å². The topological polar surface area (TPSA) is 40.1 Å². The molecular formula is C22H33IN4OS. The van der Waals surface area contributed by atoms with E-state index >= 15 is 0 Å². The molecule has 0 radical (unpaired) electrons. The van der Waals surface area contributed by atoms with Gasteiger partial charge in [0.05, 0.1) is 13.2 Å². The summed E-state index contributed by atoms with van der Waals surface area (Å²) >= 11 is 1.82. The first-order chi connectivity index (χ1) is 13.7. The summed E-state index contributed by atoms with van der Waals surface area (Å²) in [5, 5.41) is 5.75. The third kappa shape index (κ3) is 6.86. The van der Waals surface area contributed by atoms with Crippen LogP contribution >= 0.6 is 35.3 Å². The monoisotopic (exact) mass is 528 g/mol. The van der Waals surface area contributed by atoms with Crippen LogP contribution in [-0.2, 0) is 6.42 Å². The van der Waals surface area contributed by atoms with Crippen molar-refractivity contribution in [2.45, 2.75) is 25.3 Å². The molecule has 1 aliphatic rings. The fourth-order valence-corrected chi connectivity index (χ4v) is 4.45. The molecule has 1 aliphatic heterocycles. The van der Waals surface area contributed by atoms with Gasteiger partial charge in [0.1, 0.15) is 5.75 Å². The van der Waals surface area contributed by atoms with Crippen molar-refractivity contribution in [1.82, 2.24) is 15.1 Å². The first-order valence-electron chi connectivity index (χ1n) is 10.0. The molecule has 2 aromatic rings. The van der Waals surface area contributed by atoms with Gasteiger partial charge in [-0.2, -0.15) is 0 Å². The number of likely N-dealkylation sites (N-methyl/N-ethyl adjacent to an activating group) is 1. The number of nitrogens with zero attached hydrogens (tertiary/aromatic N) is 3. The molecule has 0 amide bonds. The van der Waals surface area contributed by atoms with Crippen molar-refractivity contribution in [1.29, 1.82) is 0 Å². The number of rotatable bonds is 8. The zero-order chi connectivity index (χ0) is 19.8. The standard InChI is InChI=1S/C22H32N4OS.HI/c1-23-22(25(2)15-12-20-7-6-16-28-20)24-17-21(26-13-4-5-14-26)18-8-10-19(27-3)11-9-18;/h6-11,16,21H,4-5,12-15,17H2,1-3H3,(H,23,24);1H. The molecule has 0 saturated carbocycles. The second kappa shape index (κ2) is 12.4. The minimum absolute atomic E-state index is 0. The Morgan fingerprint density at radius 3 is 2.55 bits per heavy atom. The Kier molecular flexibility index (Phi) is 10.2. The largest absolute Gasteiger partial charge is 0.497 e. The van der Waals surface area contributed by atoms with E-state index in [0.29, 0.717) is 6.04 Å². The Labute approximate surface area is 196 Å². The highest BCUT2D eigenvalue weighted by atomic mass is 127. The second-order valence-electron chi connectivity index (χ2n) is 7.21. The highest BCUT2D eigenvalue weighted by Gasteiger charge is 2.24. The zero-order valence-electron chi connectivity index (χ0n) is 17.6. The molecule has 1 saturated heterocycles. The zero-order valence-corrected chi connectivity index (χ0v) is 20.8. The Hall–Kier alpha value is -1.32. The van der Waals surface area contributed by atoms with E-state index in [9.17, 15) is 0 Å². The van der Waals surface area contributed by atoms with E-state index in [4.69, 9.17) is 4.74 Å². The van der Waals surface area contributed by atoms with Gasteiger partial charge in [0.25, 0.3) is 0 Å². The smallest absolute Gasteiger partial charge is 0.193 e. The van der Waals surface area contributed by atoms with Crippen LogP contribution in [0.3, 0.4) is 0 Å². The number of likely N-dealkylation sites (tertiary alicyclic amines) is 1. The fraction of sp³-hybridized carbons (Fsp3) is 0.500. The van der Waals surface area contributed by atoms with Gasteiger partial charge in [-0.3, -0.25) is 9.89 Å². The number of nitrogens with one attached hydrogen (secondary N) is 1. The van der Waals surface area contributed by atoms with E-state index in [2.05, 4.69) is 68.9 Å². The average Bonchev–Trinajstić information content (AvgIpc) is 3.44. The van der Waals surface area contributed by atoms with E-state index in [1.165, 1.54) is 23.3 Å². The lowest BCUT2D eigenvalue weighted by atomic mass is 10.1. The lowest BCUT2D eigenvalue weighted by Gasteiger charge is -2.30. The molecule has 29 heavy (non-hydrogen) atoms. The molecule has 0 spiro atoms. The maximum Gasteiger partial charge on any atom is 0.193 e. The summed E-state index contributed by atoms with van der Waals surface area (Å²) in [6.07, 6.45) is 3.60. The number of hydrogen-bond acceptors (Lipinski definition) is 4. The number of aliphatic imine (C=N–C) groups is 1. The highest BCUT2D eigenvalue weighted by molar-refractivity contribution is 14.0. The number of ether oxygens (including phenoxy) is 1. The van der Waals surface area contributed by atoms with Crippen LogP contribution in [0.25, 0.3) is 0 Å². The van der Waals surface area contributed by atoms with Gasteiger partial charge in [-0.15, -0.1) is 35.3 Å². The molecule has 1 N–H and O–H groups in total. The third-order valence-electron chi connectivity index (χ3n) is 5.38. The molecule has 5 nitrogen and oxygen atoms in total. The van der Waals surface area contributed by atoms with Gasteiger partial charge < -0.3 is 15.0 Å². The van der Waals surface area contributed by atoms with Gasteiger partial charge in [0, 0.05) is 32.1 Å². The van der Waals surface area contributed by atoms with Gasteiger partial charge >= 0.3 is 0 Å². The summed E-state index contributed by atoms with van der Waals surface area (Å²) in [4.78, 5) is 10.7. The maximum atomic E-state index is 5.32. The van der Waals surface area contributed by atoms with Crippen LogP contribution in [0, 0.1) is 0 Å². The molecule has 0 aliphatic carbocycles.